The van der Waals surface area contributed by atoms with Gasteiger partial charge >= 0.3 is 0 Å². The molecule has 0 atom stereocenters. The monoisotopic (exact) mass is 56.0 g/mol. The summed E-state index contributed by atoms with van der Waals surface area (Å²) in [5, 5.41) is 0. The summed E-state index contributed by atoms with van der Waals surface area (Å²) in [6, 6.07) is 0. The highest BCUT2D eigenvalue weighted by molar-refractivity contribution is 5.64. The first-order valence-corrected chi connectivity index (χ1v) is 0.826. The Bertz CT molecular complexity index is 48.9. The molecule has 0 N–H and O–H groups in total. The van der Waals surface area contributed by atoms with Gasteiger partial charge in [-0.05, 0) is 6.08 Å². The van der Waals surface area contributed by atoms with E-state index in [1.165, 1.54) is 6.29 Å². The Hall–Kier alpha value is -0.590. The fourth-order valence-corrected chi connectivity index (χ4v) is 0. The van der Waals surface area contributed by atoms with Crippen LogP contribution in [0.4, 0.5) is 0 Å². The van der Waals surface area contributed by atoms with Gasteiger partial charge in [-0.15, -0.1) is 0 Å². The number of allylic oxidation sites excluding steroid dienone is 1. The Kier molecular flexibility index (Phi) is 1.03. The molecule has 0 aliphatic rings. The normalized spacial score (nSPS) is 11.5. The van der Waals surface area contributed by atoms with Crippen LogP contribution in [-0.2, 0) is 4.79 Å². The van der Waals surface area contributed by atoms with Crippen LogP contribution >= 0.6 is 0 Å². The first-order chi connectivity index (χ1) is 2.41. The predicted molar refractivity (Wildman–Crippen MR) is 15.9 cm³/mol. The molecule has 0 aliphatic heterocycles. The lowest BCUT2D eigenvalue weighted by atomic mass is 10.8. The first kappa shape index (κ1) is 1.70. The van der Waals surface area contributed by atoms with Crippen molar-refractivity contribution in [3.63, 3.8) is 0 Å². The Morgan fingerprint density at radius 3 is 3.25 bits per heavy atom. The average Bonchev–Trinajstić information content (AvgIpc) is 1.41. The predicted octanol–water partition coefficient (Wildman–Crippen LogP) is 0.282. The van der Waals surface area contributed by atoms with Crippen molar-refractivity contribution in [1.82, 2.24) is 0 Å². The lowest BCUT2D eigenvalue weighted by molar-refractivity contribution is 0.564. The molecule has 0 spiro atoms. The first-order valence-electron chi connectivity index (χ1n) is 1.40. The van der Waals surface area contributed by atoms with Gasteiger partial charge in [0, 0.05) is 0 Å². The number of carbonyl (C=O) groups excluding carboxylic acids is 1. The molecular formula is C3H3O. The Labute approximate surface area is 26.3 Å². The minimum Gasteiger partial charge on any atom is -0.286 e. The summed E-state index contributed by atoms with van der Waals surface area (Å²) in [4.78, 5) is 9.07. The fraction of sp³-hybridized carbons (Fsp3) is 0. The molecule has 0 aromatic carbocycles. The Balaban J connectivity index is 2.92. The second-order valence-electron chi connectivity index (χ2n) is 0.285. The molecule has 1 heteroatoms. The number of rotatable bonds is 1. The van der Waals surface area contributed by atoms with Crippen LogP contribution in [0.5, 0.6) is 0 Å². The van der Waals surface area contributed by atoms with Crippen molar-refractivity contribution in [3.05, 3.63) is 12.6 Å². The summed E-state index contributed by atoms with van der Waals surface area (Å²) in [6.07, 6.45) is 2.39. The van der Waals surface area contributed by atoms with E-state index in [1.54, 1.807) is 0 Å². The van der Waals surface area contributed by atoms with Crippen LogP contribution in [0.3, 0.4) is 0 Å². The van der Waals surface area contributed by atoms with Crippen molar-refractivity contribution < 1.29 is 6.17 Å². The minimum absolute atomic E-state index is 0.882. The fourth-order valence-electron chi connectivity index (χ4n) is 0. The molecule has 4 heavy (non-hydrogen) atoms. The van der Waals surface area contributed by atoms with Gasteiger partial charge in [0.2, 0.25) is 6.29 Å². The third kappa shape index (κ3) is 1.41. The maximum Gasteiger partial charge on any atom is 0.225 e. The molecule has 0 fully saturated rings. The van der Waals surface area contributed by atoms with E-state index in [0.29, 0.717) is 0 Å². The van der Waals surface area contributed by atoms with E-state index in [4.69, 9.17) is 6.17 Å². The molecule has 1 radical (unpaired) electrons. The molecule has 0 amide bonds. The zero-order valence-corrected chi connectivity index (χ0v) is 2.06. The van der Waals surface area contributed by atoms with Crippen LogP contribution in [0.2, 0.25) is 0 Å². The van der Waals surface area contributed by atoms with Crippen molar-refractivity contribution in [2.24, 2.45) is 0 Å². The lowest BCUT2D eigenvalue weighted by Crippen LogP contribution is -1.44. The second kappa shape index (κ2) is 2.41. The molecule has 0 aromatic heterocycles. The van der Waals surface area contributed by atoms with Crippen molar-refractivity contribution in [1.29, 1.82) is 0 Å². The SMILES string of the molecule is [2H]C=C[C]=O. The molecule has 0 aromatic rings. The van der Waals surface area contributed by atoms with Gasteiger partial charge in [-0.3, -0.25) is 4.79 Å². The van der Waals surface area contributed by atoms with Crippen LogP contribution in [0.25, 0.3) is 0 Å². The summed E-state index contributed by atoms with van der Waals surface area (Å²) >= 11 is 0. The van der Waals surface area contributed by atoms with Gasteiger partial charge in [-0.25, -0.2) is 0 Å². The summed E-state index contributed by atoms with van der Waals surface area (Å²) in [7, 11) is 0. The average molecular weight is 56.1 g/mol. The lowest BCUT2D eigenvalue weighted by Gasteiger charge is -1.34. The summed E-state index contributed by atoms with van der Waals surface area (Å²) in [6.45, 7) is 0.882. The molecule has 21 valence electrons. The minimum atomic E-state index is 0.882. The summed E-state index contributed by atoms with van der Waals surface area (Å²) in [5.41, 5.74) is 0. The number of hydrogen-bond acceptors (Lipinski definition) is 1. The van der Waals surface area contributed by atoms with Gasteiger partial charge in [-0.2, -0.15) is 0 Å². The summed E-state index contributed by atoms with van der Waals surface area (Å²) < 4.78 is 6.16. The van der Waals surface area contributed by atoms with E-state index in [2.05, 4.69) is 0 Å². The van der Waals surface area contributed by atoms with Crippen LogP contribution < -0.4 is 0 Å². The second-order valence-corrected chi connectivity index (χ2v) is 0.285. The van der Waals surface area contributed by atoms with E-state index >= 15 is 0 Å². The van der Waals surface area contributed by atoms with E-state index in [9.17, 15) is 0 Å². The van der Waals surface area contributed by atoms with E-state index in [1.807, 2.05) is 0 Å². The van der Waals surface area contributed by atoms with Gasteiger partial charge < -0.3 is 0 Å². The smallest absolute Gasteiger partial charge is 0.225 e. The summed E-state index contributed by atoms with van der Waals surface area (Å²) in [5.74, 6) is 0. The quantitative estimate of drug-likeness (QED) is 0.394. The topological polar surface area (TPSA) is 17.1 Å². The Morgan fingerprint density at radius 2 is 3.25 bits per heavy atom. The standard InChI is InChI=1S/C3H3O/c1-2-3-4/h2H,1H2/i1D. The van der Waals surface area contributed by atoms with Gasteiger partial charge in [0.05, 0.1) is 1.37 Å². The highest BCUT2D eigenvalue weighted by Crippen LogP contribution is 1.35. The molecule has 0 rings (SSSR count). The molecule has 0 bridgehead atoms. The van der Waals surface area contributed by atoms with Crippen LogP contribution in [0.1, 0.15) is 1.37 Å². The number of hydrogen-bond donors (Lipinski definition) is 0. The zero-order valence-electron chi connectivity index (χ0n) is 3.06. The van der Waals surface area contributed by atoms with Gasteiger partial charge in [0.25, 0.3) is 0 Å². The van der Waals surface area contributed by atoms with Crippen LogP contribution in [0, 0.1) is 0 Å². The molecule has 0 aliphatic carbocycles. The van der Waals surface area contributed by atoms with Crippen molar-refractivity contribution in [3.8, 4) is 0 Å². The molecule has 0 heterocycles. The van der Waals surface area contributed by atoms with Crippen molar-refractivity contribution >= 4 is 6.29 Å². The third-order valence-electron chi connectivity index (χ3n) is 0.0680. The van der Waals surface area contributed by atoms with Gasteiger partial charge in [0.15, 0.2) is 0 Å². The van der Waals surface area contributed by atoms with Crippen LogP contribution in [-0.4, -0.2) is 6.29 Å². The molecule has 0 unspecified atom stereocenters. The van der Waals surface area contributed by atoms with E-state index in [0.717, 1.165) is 12.6 Å². The zero-order chi connectivity index (χ0) is 4.12. The van der Waals surface area contributed by atoms with E-state index in [-0.39, 0.29) is 0 Å². The van der Waals surface area contributed by atoms with Crippen molar-refractivity contribution in [2.75, 3.05) is 0 Å². The van der Waals surface area contributed by atoms with Crippen molar-refractivity contribution in [2.45, 2.75) is 0 Å². The molecular weight excluding hydrogens is 52.0 g/mol. The Morgan fingerprint density at radius 1 is 2.50 bits per heavy atom. The van der Waals surface area contributed by atoms with E-state index < -0.39 is 0 Å². The highest BCUT2D eigenvalue weighted by atomic mass is 16.1. The maximum atomic E-state index is 9.07. The third-order valence-corrected chi connectivity index (χ3v) is 0.0680. The highest BCUT2D eigenvalue weighted by Gasteiger charge is 1.42. The molecule has 0 saturated carbocycles. The van der Waals surface area contributed by atoms with Gasteiger partial charge in [-0.1, -0.05) is 6.55 Å². The van der Waals surface area contributed by atoms with Gasteiger partial charge in [0.1, 0.15) is 0 Å². The molecule has 0 saturated heterocycles. The largest absolute Gasteiger partial charge is 0.286 e. The molecule has 1 nitrogen and oxygen atoms in total. The maximum absolute atomic E-state index is 9.07. The van der Waals surface area contributed by atoms with Crippen LogP contribution in [0.15, 0.2) is 12.6 Å².